The predicted molar refractivity (Wildman–Crippen MR) is 157 cm³/mol. The second-order valence-corrected chi connectivity index (χ2v) is 11.0. The lowest BCUT2D eigenvalue weighted by Gasteiger charge is -2.36. The van der Waals surface area contributed by atoms with Crippen LogP contribution < -0.4 is 16.4 Å². The Hall–Kier alpha value is -2.62. The van der Waals surface area contributed by atoms with Crippen molar-refractivity contribution in [3.05, 3.63) is 108 Å². The van der Waals surface area contributed by atoms with Gasteiger partial charge in [0.15, 0.2) is 0 Å². The molecule has 0 atom stereocenters. The summed E-state index contributed by atoms with van der Waals surface area (Å²) in [6.45, 7) is 0. The van der Waals surface area contributed by atoms with Crippen molar-refractivity contribution in [2.45, 2.75) is 89.1 Å². The molecule has 0 aliphatic heterocycles. The Morgan fingerprint density at radius 2 is 1.30 bits per heavy atom. The Balaban J connectivity index is 1.36. The third-order valence-corrected chi connectivity index (χ3v) is 8.12. The van der Waals surface area contributed by atoms with Crippen molar-refractivity contribution >= 4 is 10.8 Å². The van der Waals surface area contributed by atoms with Crippen LogP contribution in [-0.4, -0.2) is 12.1 Å². The summed E-state index contributed by atoms with van der Waals surface area (Å²) >= 11 is 0. The van der Waals surface area contributed by atoms with E-state index in [2.05, 4.69) is 89.5 Å². The normalized spacial score (nSPS) is 18.2. The molecule has 0 aromatic heterocycles. The highest BCUT2D eigenvalue weighted by atomic mass is 15.2. The monoisotopic (exact) mass is 493 g/mol. The SMILES string of the molecule is N/C(=C\CCc1ccc2ccccc2c1)[C]([C](NC1CCCCC1)NC1CCCCC1)c1ccccc1. The van der Waals surface area contributed by atoms with E-state index in [1.165, 1.54) is 86.1 Å². The fourth-order valence-electron chi connectivity index (χ4n) is 6.04. The van der Waals surface area contributed by atoms with Crippen LogP contribution in [0.25, 0.3) is 10.8 Å². The smallest absolute Gasteiger partial charge is 0.120 e. The molecule has 2 radical (unpaired) electrons. The zero-order valence-electron chi connectivity index (χ0n) is 22.2. The molecule has 0 unspecified atom stereocenters. The molecule has 3 nitrogen and oxygen atoms in total. The van der Waals surface area contributed by atoms with Gasteiger partial charge in [0.25, 0.3) is 0 Å². The first-order chi connectivity index (χ1) is 18.3. The van der Waals surface area contributed by atoms with Crippen LogP contribution in [0.3, 0.4) is 0 Å². The molecule has 2 aliphatic rings. The highest BCUT2D eigenvalue weighted by Gasteiger charge is 2.32. The molecular weight excluding hydrogens is 450 g/mol. The van der Waals surface area contributed by atoms with Crippen LogP contribution in [-0.2, 0) is 6.42 Å². The lowest BCUT2D eigenvalue weighted by atomic mass is 9.87. The van der Waals surface area contributed by atoms with Gasteiger partial charge in [-0.05, 0) is 60.4 Å². The van der Waals surface area contributed by atoms with Gasteiger partial charge >= 0.3 is 0 Å². The van der Waals surface area contributed by atoms with Crippen LogP contribution in [0, 0.1) is 12.1 Å². The second kappa shape index (κ2) is 13.3. The lowest BCUT2D eigenvalue weighted by Crippen LogP contribution is -2.49. The number of hydrogen-bond acceptors (Lipinski definition) is 3. The number of nitrogens with one attached hydrogen (secondary N) is 2. The topological polar surface area (TPSA) is 50.1 Å². The molecule has 0 saturated heterocycles. The van der Waals surface area contributed by atoms with E-state index in [1.807, 2.05) is 0 Å². The van der Waals surface area contributed by atoms with E-state index in [0.29, 0.717) is 12.1 Å². The molecule has 0 heterocycles. The lowest BCUT2D eigenvalue weighted by molar-refractivity contribution is 0.325. The minimum absolute atomic E-state index is 0.518. The van der Waals surface area contributed by atoms with Crippen LogP contribution in [0.15, 0.2) is 84.6 Å². The van der Waals surface area contributed by atoms with E-state index >= 15 is 0 Å². The third-order valence-electron chi connectivity index (χ3n) is 8.12. The van der Waals surface area contributed by atoms with Gasteiger partial charge in [-0.3, -0.25) is 10.6 Å². The van der Waals surface area contributed by atoms with Crippen LogP contribution in [0.4, 0.5) is 0 Å². The molecule has 2 fully saturated rings. The van der Waals surface area contributed by atoms with Gasteiger partial charge < -0.3 is 5.73 Å². The van der Waals surface area contributed by atoms with Crippen LogP contribution in [0.2, 0.25) is 0 Å². The molecule has 3 aromatic rings. The Morgan fingerprint density at radius 3 is 1.95 bits per heavy atom. The van der Waals surface area contributed by atoms with Crippen molar-refractivity contribution in [3.63, 3.8) is 0 Å². The van der Waals surface area contributed by atoms with E-state index in [9.17, 15) is 0 Å². The highest BCUT2D eigenvalue weighted by Crippen LogP contribution is 2.32. The Bertz CT molecular complexity index is 1110. The van der Waals surface area contributed by atoms with Gasteiger partial charge in [-0.1, -0.05) is 117 Å². The number of rotatable bonds is 10. The first-order valence-electron chi connectivity index (χ1n) is 14.5. The molecule has 4 N–H and O–H groups in total. The molecule has 0 amide bonds. The van der Waals surface area contributed by atoms with Gasteiger partial charge in [0, 0.05) is 17.8 Å². The molecule has 194 valence electrons. The number of benzene rings is 3. The van der Waals surface area contributed by atoms with E-state index in [0.717, 1.165) is 30.6 Å². The number of allylic oxidation sites excluding steroid dienone is 1. The number of aryl methyl sites for hydroxylation is 1. The van der Waals surface area contributed by atoms with E-state index in [-0.39, 0.29) is 0 Å². The van der Waals surface area contributed by atoms with Gasteiger partial charge in [0.05, 0.1) is 5.92 Å². The summed E-state index contributed by atoms with van der Waals surface area (Å²) < 4.78 is 0. The first-order valence-corrected chi connectivity index (χ1v) is 14.5. The summed E-state index contributed by atoms with van der Waals surface area (Å²) in [7, 11) is 0. The van der Waals surface area contributed by atoms with E-state index in [4.69, 9.17) is 5.73 Å². The van der Waals surface area contributed by atoms with Crippen molar-refractivity contribution in [2.75, 3.05) is 0 Å². The Kier molecular flexibility index (Phi) is 9.32. The minimum Gasteiger partial charge on any atom is -0.401 e. The van der Waals surface area contributed by atoms with Gasteiger partial charge in [-0.15, -0.1) is 0 Å². The Labute approximate surface area is 223 Å². The molecule has 2 saturated carbocycles. The van der Waals surface area contributed by atoms with Crippen molar-refractivity contribution in [1.82, 2.24) is 10.6 Å². The van der Waals surface area contributed by atoms with Gasteiger partial charge in [0.1, 0.15) is 6.17 Å². The van der Waals surface area contributed by atoms with E-state index in [1.54, 1.807) is 0 Å². The molecule has 0 bridgehead atoms. The van der Waals surface area contributed by atoms with Crippen molar-refractivity contribution in [1.29, 1.82) is 0 Å². The van der Waals surface area contributed by atoms with Crippen molar-refractivity contribution in [3.8, 4) is 0 Å². The van der Waals surface area contributed by atoms with Crippen LogP contribution >= 0.6 is 0 Å². The van der Waals surface area contributed by atoms with Crippen LogP contribution in [0.1, 0.15) is 81.8 Å². The first kappa shape index (κ1) is 26.0. The van der Waals surface area contributed by atoms with E-state index < -0.39 is 0 Å². The van der Waals surface area contributed by atoms with Crippen molar-refractivity contribution < 1.29 is 0 Å². The molecule has 0 spiro atoms. The van der Waals surface area contributed by atoms with Gasteiger partial charge in [-0.25, -0.2) is 0 Å². The predicted octanol–water partition coefficient (Wildman–Crippen LogP) is 7.57. The van der Waals surface area contributed by atoms with Gasteiger partial charge in [-0.2, -0.15) is 0 Å². The summed E-state index contributed by atoms with van der Waals surface area (Å²) in [6.07, 6.45) is 18.2. The number of fused-ring (bicyclic) bond motifs is 1. The number of nitrogens with two attached hydrogens (primary N) is 1. The average Bonchev–Trinajstić information content (AvgIpc) is 2.95. The molecule has 37 heavy (non-hydrogen) atoms. The largest absolute Gasteiger partial charge is 0.401 e. The molecule has 2 aliphatic carbocycles. The maximum atomic E-state index is 6.94. The summed E-state index contributed by atoms with van der Waals surface area (Å²) in [6, 6.07) is 27.1. The quantitative estimate of drug-likeness (QED) is 0.273. The number of hydrogen-bond donors (Lipinski definition) is 3. The standard InChI is InChI=1S/C34H43N3/c35-32(22-12-13-26-23-24-27-14-10-11-17-29(27)25-26)33(28-15-4-1-5-16-28)34(36-30-18-6-2-7-19-30)37-31-20-8-3-9-21-31/h1,4-5,10-11,14-17,22-25,30-31,36-37H,2-3,6-9,12-13,18-21,35H2/b32-22-. The molecular formula is C34H43N3. The summed E-state index contributed by atoms with van der Waals surface area (Å²) in [5.74, 6) is 1.13. The fourth-order valence-corrected chi connectivity index (χ4v) is 6.04. The maximum absolute atomic E-state index is 6.94. The second-order valence-electron chi connectivity index (χ2n) is 11.0. The maximum Gasteiger partial charge on any atom is 0.120 e. The highest BCUT2D eigenvalue weighted by molar-refractivity contribution is 5.83. The van der Waals surface area contributed by atoms with Gasteiger partial charge in [0.2, 0.25) is 0 Å². The average molecular weight is 494 g/mol. The molecule has 5 rings (SSSR count). The minimum atomic E-state index is 0.518. The molecule has 3 aromatic carbocycles. The third kappa shape index (κ3) is 7.24. The van der Waals surface area contributed by atoms with Crippen molar-refractivity contribution in [2.24, 2.45) is 5.73 Å². The zero-order valence-corrected chi connectivity index (χ0v) is 22.2. The summed E-state index contributed by atoms with van der Waals surface area (Å²) in [5.41, 5.74) is 10.3. The molecule has 3 heteroatoms. The Morgan fingerprint density at radius 1 is 0.703 bits per heavy atom. The fraction of sp³-hybridized carbons (Fsp3) is 0.412. The van der Waals surface area contributed by atoms with Crippen LogP contribution in [0.5, 0.6) is 0 Å². The zero-order chi connectivity index (χ0) is 25.3. The summed E-state index contributed by atoms with van der Waals surface area (Å²) in [5, 5.41) is 10.5. The summed E-state index contributed by atoms with van der Waals surface area (Å²) in [4.78, 5) is 0.